The maximum atomic E-state index is 13.3. The Hall–Kier alpha value is -3.22. The van der Waals surface area contributed by atoms with Gasteiger partial charge >= 0.3 is 0 Å². The lowest BCUT2D eigenvalue weighted by atomic mass is 10.2. The highest BCUT2D eigenvalue weighted by Crippen LogP contribution is 2.28. The first kappa shape index (κ1) is 20.1. The molecular formula is C24H24FN3O2. The predicted molar refractivity (Wildman–Crippen MR) is 118 cm³/mol. The van der Waals surface area contributed by atoms with Gasteiger partial charge in [0.15, 0.2) is 0 Å². The van der Waals surface area contributed by atoms with Crippen molar-refractivity contribution in [2.45, 2.75) is 12.6 Å². The van der Waals surface area contributed by atoms with E-state index in [4.69, 9.17) is 0 Å². The van der Waals surface area contributed by atoms with Crippen molar-refractivity contribution in [3.8, 4) is 0 Å². The largest absolute Gasteiger partial charge is 0.390 e. The number of carbonyl (C=O) groups is 1. The Morgan fingerprint density at radius 2 is 1.67 bits per heavy atom. The van der Waals surface area contributed by atoms with E-state index in [-0.39, 0.29) is 12.5 Å². The van der Waals surface area contributed by atoms with Crippen molar-refractivity contribution in [2.75, 3.05) is 25.5 Å². The number of hydrogen-bond donors (Lipinski definition) is 2. The minimum absolute atomic E-state index is 0.0980. The van der Waals surface area contributed by atoms with Gasteiger partial charge in [-0.2, -0.15) is 0 Å². The molecule has 154 valence electrons. The summed E-state index contributed by atoms with van der Waals surface area (Å²) < 4.78 is 15.4. The normalized spacial score (nSPS) is 12.5. The molecule has 0 spiro atoms. The molecule has 0 saturated carbocycles. The maximum Gasteiger partial charge on any atom is 0.238 e. The Morgan fingerprint density at radius 1 is 1.03 bits per heavy atom. The summed E-state index contributed by atoms with van der Waals surface area (Å²) in [7, 11) is 1.78. The molecule has 1 heterocycles. The van der Waals surface area contributed by atoms with Gasteiger partial charge < -0.3 is 15.0 Å². The van der Waals surface area contributed by atoms with Crippen LogP contribution in [0, 0.1) is 5.82 Å². The summed E-state index contributed by atoms with van der Waals surface area (Å²) in [6.45, 7) is 0.849. The van der Waals surface area contributed by atoms with Crippen molar-refractivity contribution in [2.24, 2.45) is 0 Å². The fraction of sp³-hybridized carbons (Fsp3) is 0.208. The number of anilines is 1. The number of aliphatic hydroxyl groups is 1. The first-order valence-electron chi connectivity index (χ1n) is 9.89. The fourth-order valence-electron chi connectivity index (χ4n) is 3.90. The molecule has 1 aromatic heterocycles. The molecule has 0 aliphatic heterocycles. The standard InChI is InChI=1S/C24H24FN3O2/c1-27(16-24(30)26-18-8-6-7-17(25)13-18)14-19(29)15-28-22-11-4-2-9-20(22)21-10-3-5-12-23(21)28/h2-13,19,29H,14-16H2,1H3,(H,26,30). The van der Waals surface area contributed by atoms with Crippen LogP contribution in [0.25, 0.3) is 21.8 Å². The van der Waals surface area contributed by atoms with E-state index >= 15 is 0 Å². The summed E-state index contributed by atoms with van der Waals surface area (Å²) in [6.07, 6.45) is -0.656. The molecule has 6 heteroatoms. The van der Waals surface area contributed by atoms with Crippen molar-refractivity contribution >= 4 is 33.4 Å². The second-order valence-electron chi connectivity index (χ2n) is 7.55. The Labute approximate surface area is 174 Å². The van der Waals surface area contributed by atoms with E-state index < -0.39 is 11.9 Å². The van der Waals surface area contributed by atoms with Crippen LogP contribution in [0.2, 0.25) is 0 Å². The lowest BCUT2D eigenvalue weighted by Gasteiger charge is -2.21. The fourth-order valence-corrected chi connectivity index (χ4v) is 3.90. The van der Waals surface area contributed by atoms with Gasteiger partial charge in [-0.05, 0) is 37.4 Å². The summed E-state index contributed by atoms with van der Waals surface area (Å²) in [6, 6.07) is 22.1. The summed E-state index contributed by atoms with van der Waals surface area (Å²) in [5.41, 5.74) is 2.56. The minimum atomic E-state index is -0.656. The number of aliphatic hydroxyl groups excluding tert-OH is 1. The van der Waals surface area contributed by atoms with Gasteiger partial charge in [0, 0.05) is 34.0 Å². The van der Waals surface area contributed by atoms with Crippen LogP contribution in [0.1, 0.15) is 0 Å². The molecule has 0 radical (unpaired) electrons. The first-order valence-corrected chi connectivity index (χ1v) is 9.89. The summed E-state index contributed by atoms with van der Waals surface area (Å²) >= 11 is 0. The average molecular weight is 405 g/mol. The second-order valence-corrected chi connectivity index (χ2v) is 7.55. The van der Waals surface area contributed by atoms with Crippen molar-refractivity contribution < 1.29 is 14.3 Å². The topological polar surface area (TPSA) is 57.5 Å². The maximum absolute atomic E-state index is 13.3. The van der Waals surface area contributed by atoms with Gasteiger partial charge in [0.2, 0.25) is 5.91 Å². The van der Waals surface area contributed by atoms with Crippen LogP contribution >= 0.6 is 0 Å². The molecule has 1 unspecified atom stereocenters. The van der Waals surface area contributed by atoms with Crippen molar-refractivity contribution in [3.05, 3.63) is 78.6 Å². The number of amides is 1. The van der Waals surface area contributed by atoms with Crippen LogP contribution in [0.5, 0.6) is 0 Å². The third-order valence-corrected chi connectivity index (χ3v) is 5.12. The number of aromatic nitrogens is 1. The van der Waals surface area contributed by atoms with Crippen LogP contribution in [-0.4, -0.2) is 46.7 Å². The van der Waals surface area contributed by atoms with Crippen molar-refractivity contribution in [1.29, 1.82) is 0 Å². The van der Waals surface area contributed by atoms with Gasteiger partial charge in [0.1, 0.15) is 5.82 Å². The van der Waals surface area contributed by atoms with Crippen LogP contribution in [0.15, 0.2) is 72.8 Å². The molecule has 0 aliphatic rings. The molecule has 5 nitrogen and oxygen atoms in total. The lowest BCUT2D eigenvalue weighted by molar-refractivity contribution is -0.117. The average Bonchev–Trinajstić information content (AvgIpc) is 3.02. The molecule has 3 aromatic carbocycles. The smallest absolute Gasteiger partial charge is 0.238 e. The Balaban J connectivity index is 1.42. The number of halogens is 1. The lowest BCUT2D eigenvalue weighted by Crippen LogP contribution is -2.37. The van der Waals surface area contributed by atoms with E-state index in [1.54, 1.807) is 24.1 Å². The summed E-state index contributed by atoms with van der Waals surface area (Å²) in [5.74, 6) is -0.657. The van der Waals surface area contributed by atoms with Crippen LogP contribution < -0.4 is 5.32 Å². The number of fused-ring (bicyclic) bond motifs is 3. The Kier molecular flexibility index (Phi) is 5.79. The van der Waals surface area contributed by atoms with E-state index in [9.17, 15) is 14.3 Å². The number of rotatable bonds is 7. The van der Waals surface area contributed by atoms with E-state index in [1.165, 1.54) is 12.1 Å². The first-order chi connectivity index (χ1) is 14.5. The van der Waals surface area contributed by atoms with Crippen molar-refractivity contribution in [3.63, 3.8) is 0 Å². The van der Waals surface area contributed by atoms with Crippen molar-refractivity contribution in [1.82, 2.24) is 9.47 Å². The molecule has 4 aromatic rings. The van der Waals surface area contributed by atoms with Gasteiger partial charge in [-0.25, -0.2) is 4.39 Å². The van der Waals surface area contributed by atoms with Gasteiger partial charge in [-0.15, -0.1) is 0 Å². The Bertz CT molecular complexity index is 1130. The molecule has 0 bridgehead atoms. The van der Waals surface area contributed by atoms with Crippen LogP contribution in [0.3, 0.4) is 0 Å². The third-order valence-electron chi connectivity index (χ3n) is 5.12. The zero-order valence-electron chi connectivity index (χ0n) is 16.8. The quantitative estimate of drug-likeness (QED) is 0.491. The minimum Gasteiger partial charge on any atom is -0.390 e. The SMILES string of the molecule is CN(CC(=O)Nc1cccc(F)c1)CC(O)Cn1c2ccccc2c2ccccc21. The van der Waals surface area contributed by atoms with Crippen LogP contribution in [-0.2, 0) is 11.3 Å². The van der Waals surface area contributed by atoms with E-state index in [1.807, 2.05) is 24.3 Å². The molecule has 4 rings (SSSR count). The van der Waals surface area contributed by atoms with Gasteiger partial charge in [-0.3, -0.25) is 9.69 Å². The highest BCUT2D eigenvalue weighted by Gasteiger charge is 2.16. The Morgan fingerprint density at radius 3 is 2.30 bits per heavy atom. The summed E-state index contributed by atoms with van der Waals surface area (Å²) in [4.78, 5) is 14.0. The number of carbonyl (C=O) groups excluding carboxylic acids is 1. The zero-order chi connectivity index (χ0) is 21.1. The highest BCUT2D eigenvalue weighted by atomic mass is 19.1. The molecule has 0 fully saturated rings. The van der Waals surface area contributed by atoms with E-state index in [0.717, 1.165) is 21.8 Å². The number of benzene rings is 3. The predicted octanol–water partition coefficient (Wildman–Crippen LogP) is 3.87. The number of hydrogen-bond acceptors (Lipinski definition) is 3. The van der Waals surface area contributed by atoms with E-state index in [0.29, 0.717) is 18.8 Å². The third kappa shape index (κ3) is 4.35. The molecule has 2 N–H and O–H groups in total. The monoisotopic (exact) mass is 405 g/mol. The molecule has 1 atom stereocenters. The van der Waals surface area contributed by atoms with E-state index in [2.05, 4.69) is 34.1 Å². The molecule has 1 amide bonds. The number of nitrogens with zero attached hydrogens (tertiary/aromatic N) is 2. The molecule has 0 saturated heterocycles. The van der Waals surface area contributed by atoms with Crippen LogP contribution in [0.4, 0.5) is 10.1 Å². The molecular weight excluding hydrogens is 381 g/mol. The highest BCUT2D eigenvalue weighted by molar-refractivity contribution is 6.07. The zero-order valence-corrected chi connectivity index (χ0v) is 16.8. The van der Waals surface area contributed by atoms with Gasteiger partial charge in [0.25, 0.3) is 0 Å². The number of likely N-dealkylation sites (N-methyl/N-ethyl adjacent to an activating group) is 1. The van der Waals surface area contributed by atoms with Gasteiger partial charge in [-0.1, -0.05) is 42.5 Å². The summed E-state index contributed by atoms with van der Waals surface area (Å²) in [5, 5.41) is 15.7. The number of para-hydroxylation sites is 2. The molecule has 30 heavy (non-hydrogen) atoms. The van der Waals surface area contributed by atoms with Gasteiger partial charge in [0.05, 0.1) is 19.2 Å². The number of nitrogens with one attached hydrogen (secondary N) is 1. The second kappa shape index (κ2) is 8.65. The molecule has 0 aliphatic carbocycles.